The molecule has 0 aliphatic carbocycles. The molecule has 2 amide bonds. The molecule has 6 nitrogen and oxygen atoms in total. The predicted molar refractivity (Wildman–Crippen MR) is 100 cm³/mol. The predicted octanol–water partition coefficient (Wildman–Crippen LogP) is 2.58. The van der Waals surface area contributed by atoms with E-state index < -0.39 is 12.7 Å². The van der Waals surface area contributed by atoms with Crippen LogP contribution in [-0.4, -0.2) is 60.5 Å². The van der Waals surface area contributed by atoms with Crippen molar-refractivity contribution in [1.82, 2.24) is 9.80 Å². The van der Waals surface area contributed by atoms with Gasteiger partial charge in [-0.25, -0.2) is 0 Å². The van der Waals surface area contributed by atoms with Gasteiger partial charge in [-0.2, -0.15) is 8.78 Å². The van der Waals surface area contributed by atoms with Crippen LogP contribution in [0.3, 0.4) is 0 Å². The maximum absolute atomic E-state index is 12.8. The molecule has 0 spiro atoms. The van der Waals surface area contributed by atoms with E-state index in [-0.39, 0.29) is 23.1 Å². The van der Waals surface area contributed by atoms with Crippen molar-refractivity contribution in [2.75, 3.05) is 26.2 Å². The van der Waals surface area contributed by atoms with Crippen LogP contribution in [0.5, 0.6) is 11.5 Å². The molecule has 0 N–H and O–H groups in total. The minimum atomic E-state index is -2.95. The fourth-order valence-corrected chi connectivity index (χ4v) is 3.64. The van der Waals surface area contributed by atoms with E-state index in [1.54, 1.807) is 15.9 Å². The number of piperazine rings is 1. The number of carbonyl (C=O) groups is 2. The summed E-state index contributed by atoms with van der Waals surface area (Å²) in [7, 11) is 0. The van der Waals surface area contributed by atoms with Gasteiger partial charge in [-0.05, 0) is 29.8 Å². The highest BCUT2D eigenvalue weighted by Gasteiger charge is 2.34. The molecule has 2 aromatic rings. The minimum Gasteiger partial charge on any atom is -0.480 e. The number of rotatable bonds is 4. The van der Waals surface area contributed by atoms with Crippen molar-refractivity contribution in [1.29, 1.82) is 0 Å². The van der Waals surface area contributed by atoms with E-state index in [2.05, 4.69) is 4.74 Å². The van der Waals surface area contributed by atoms with E-state index in [9.17, 15) is 18.4 Å². The van der Waals surface area contributed by atoms with Gasteiger partial charge in [0.05, 0.1) is 0 Å². The van der Waals surface area contributed by atoms with E-state index in [4.69, 9.17) is 4.74 Å². The summed E-state index contributed by atoms with van der Waals surface area (Å²) in [6.07, 6.45) is 0.0169. The van der Waals surface area contributed by atoms with Crippen LogP contribution < -0.4 is 9.47 Å². The van der Waals surface area contributed by atoms with Crippen LogP contribution in [0.15, 0.2) is 48.5 Å². The van der Waals surface area contributed by atoms with Crippen LogP contribution in [0.4, 0.5) is 8.78 Å². The molecule has 2 aromatic carbocycles. The molecule has 0 bridgehead atoms. The van der Waals surface area contributed by atoms with Crippen molar-refractivity contribution in [2.45, 2.75) is 19.1 Å². The van der Waals surface area contributed by atoms with Gasteiger partial charge in [-0.3, -0.25) is 9.59 Å². The van der Waals surface area contributed by atoms with Gasteiger partial charge in [0.1, 0.15) is 11.5 Å². The van der Waals surface area contributed by atoms with E-state index >= 15 is 0 Å². The fraction of sp³-hybridized carbons (Fsp3) is 0.333. The summed E-state index contributed by atoms with van der Waals surface area (Å²) in [4.78, 5) is 28.8. The number of halogens is 2. The van der Waals surface area contributed by atoms with E-state index in [1.165, 1.54) is 18.2 Å². The number of hydrogen-bond acceptors (Lipinski definition) is 4. The molecule has 0 unspecified atom stereocenters. The molecule has 1 fully saturated rings. The highest BCUT2D eigenvalue weighted by atomic mass is 19.3. The Balaban J connectivity index is 1.34. The first-order valence-electron chi connectivity index (χ1n) is 9.39. The molecule has 2 aliphatic rings. The molecule has 1 saturated heterocycles. The van der Waals surface area contributed by atoms with Crippen molar-refractivity contribution < 1.29 is 27.8 Å². The van der Waals surface area contributed by atoms with Crippen molar-refractivity contribution in [2.24, 2.45) is 0 Å². The highest BCUT2D eigenvalue weighted by Crippen LogP contribution is 2.29. The van der Waals surface area contributed by atoms with E-state index in [0.717, 1.165) is 11.3 Å². The Labute approximate surface area is 166 Å². The Morgan fingerprint density at radius 1 is 1.00 bits per heavy atom. The second-order valence-corrected chi connectivity index (χ2v) is 6.94. The quantitative estimate of drug-likeness (QED) is 0.789. The van der Waals surface area contributed by atoms with Crippen LogP contribution in [-0.2, 0) is 11.2 Å². The second kappa shape index (κ2) is 8.06. The Hall–Kier alpha value is -3.16. The second-order valence-electron chi connectivity index (χ2n) is 6.94. The molecule has 1 atom stereocenters. The first-order valence-corrected chi connectivity index (χ1v) is 9.39. The SMILES string of the molecule is O=C(c1cccc(OC(F)F)c1)N1CCN(C(=O)[C@H]2Cc3ccccc3O2)CC1. The Kier molecular flexibility index (Phi) is 5.33. The number of nitrogens with zero attached hydrogens (tertiary/aromatic N) is 2. The molecule has 2 aliphatic heterocycles. The largest absolute Gasteiger partial charge is 0.480 e. The van der Waals surface area contributed by atoms with Crippen LogP contribution in [0.1, 0.15) is 15.9 Å². The molecule has 0 aromatic heterocycles. The molecule has 152 valence electrons. The summed E-state index contributed by atoms with van der Waals surface area (Å²) in [5.41, 5.74) is 1.29. The van der Waals surface area contributed by atoms with Crippen LogP contribution in [0.25, 0.3) is 0 Å². The van der Waals surface area contributed by atoms with Gasteiger partial charge in [0, 0.05) is 38.2 Å². The topological polar surface area (TPSA) is 59.1 Å². The molecule has 0 radical (unpaired) electrons. The average molecular weight is 402 g/mol. The molecular weight excluding hydrogens is 382 g/mol. The molecule has 8 heteroatoms. The summed E-state index contributed by atoms with van der Waals surface area (Å²) in [6, 6.07) is 13.3. The van der Waals surface area contributed by atoms with Gasteiger partial charge < -0.3 is 19.3 Å². The lowest BCUT2D eigenvalue weighted by Gasteiger charge is -2.35. The van der Waals surface area contributed by atoms with Crippen LogP contribution >= 0.6 is 0 Å². The van der Waals surface area contributed by atoms with Gasteiger partial charge in [-0.1, -0.05) is 24.3 Å². The number of carbonyl (C=O) groups excluding carboxylic acids is 2. The first kappa shape index (κ1) is 19.2. The third-order valence-electron chi connectivity index (χ3n) is 5.11. The van der Waals surface area contributed by atoms with E-state index in [1.807, 2.05) is 24.3 Å². The van der Waals surface area contributed by atoms with Crippen molar-refractivity contribution in [3.63, 3.8) is 0 Å². The lowest BCUT2D eigenvalue weighted by Crippen LogP contribution is -2.53. The summed E-state index contributed by atoms with van der Waals surface area (Å²) in [5, 5.41) is 0. The summed E-state index contributed by atoms with van der Waals surface area (Å²) < 4.78 is 34.9. The maximum atomic E-state index is 12.8. The van der Waals surface area contributed by atoms with Crippen LogP contribution in [0.2, 0.25) is 0 Å². The van der Waals surface area contributed by atoms with Crippen molar-refractivity contribution >= 4 is 11.8 Å². The average Bonchev–Trinajstić information content (AvgIpc) is 3.17. The number of ether oxygens (including phenoxy) is 2. The molecule has 0 saturated carbocycles. The van der Waals surface area contributed by atoms with Gasteiger partial charge in [0.25, 0.3) is 11.8 Å². The van der Waals surface area contributed by atoms with Gasteiger partial charge in [-0.15, -0.1) is 0 Å². The summed E-state index contributed by atoms with van der Waals surface area (Å²) in [5.74, 6) is 0.324. The molecule has 4 rings (SSSR count). The highest BCUT2D eigenvalue weighted by molar-refractivity contribution is 5.95. The number of benzene rings is 2. The van der Waals surface area contributed by atoms with Gasteiger partial charge >= 0.3 is 6.61 Å². The standard InChI is InChI=1S/C21H20F2N2O4/c22-21(23)28-16-6-3-5-15(12-16)19(26)24-8-10-25(11-9-24)20(27)18-13-14-4-1-2-7-17(14)29-18/h1-7,12,18,21H,8-11,13H2/t18-/m1/s1. The first-order chi connectivity index (χ1) is 14.0. The number of fused-ring (bicyclic) bond motifs is 1. The van der Waals surface area contributed by atoms with Crippen molar-refractivity contribution in [3.05, 3.63) is 59.7 Å². The molecular formula is C21H20F2N2O4. The lowest BCUT2D eigenvalue weighted by molar-refractivity contribution is -0.139. The number of amides is 2. The summed E-state index contributed by atoms with van der Waals surface area (Å²) >= 11 is 0. The zero-order valence-corrected chi connectivity index (χ0v) is 15.6. The third-order valence-corrected chi connectivity index (χ3v) is 5.11. The normalized spacial score (nSPS) is 18.4. The zero-order chi connectivity index (χ0) is 20.4. The zero-order valence-electron chi connectivity index (χ0n) is 15.6. The fourth-order valence-electron chi connectivity index (χ4n) is 3.64. The Bertz CT molecular complexity index is 888. The van der Waals surface area contributed by atoms with Crippen LogP contribution in [0, 0.1) is 0 Å². The number of alkyl halides is 2. The third kappa shape index (κ3) is 4.16. The maximum Gasteiger partial charge on any atom is 0.387 e. The monoisotopic (exact) mass is 402 g/mol. The Morgan fingerprint density at radius 2 is 1.72 bits per heavy atom. The van der Waals surface area contributed by atoms with Gasteiger partial charge in [0.2, 0.25) is 0 Å². The molecule has 2 heterocycles. The lowest BCUT2D eigenvalue weighted by atomic mass is 10.1. The van der Waals surface area contributed by atoms with Crippen molar-refractivity contribution in [3.8, 4) is 11.5 Å². The van der Waals surface area contributed by atoms with E-state index in [0.29, 0.717) is 32.6 Å². The number of para-hydroxylation sites is 1. The van der Waals surface area contributed by atoms with Gasteiger partial charge in [0.15, 0.2) is 6.10 Å². The smallest absolute Gasteiger partial charge is 0.387 e. The summed E-state index contributed by atoms with van der Waals surface area (Å²) in [6.45, 7) is -1.42. The molecule has 29 heavy (non-hydrogen) atoms. The minimum absolute atomic E-state index is 0.0578. The number of hydrogen-bond donors (Lipinski definition) is 0. The Morgan fingerprint density at radius 3 is 2.45 bits per heavy atom.